The van der Waals surface area contributed by atoms with Crippen LogP contribution in [-0.4, -0.2) is 29.9 Å². The van der Waals surface area contributed by atoms with Crippen molar-refractivity contribution in [1.82, 2.24) is 4.90 Å². The van der Waals surface area contributed by atoms with Crippen molar-refractivity contribution in [3.63, 3.8) is 0 Å². The topological polar surface area (TPSA) is 46.3 Å². The van der Waals surface area contributed by atoms with Gasteiger partial charge >= 0.3 is 0 Å². The Labute approximate surface area is 105 Å². The average Bonchev–Trinajstić information content (AvgIpc) is 2.32. The lowest BCUT2D eigenvalue weighted by Crippen LogP contribution is -2.46. The standard InChI is InChI=1S/C13H16F2N2O/c14-10-4-3-9(12(15)7-10)6-13(18)17-5-1-2-11(16)8-17/h3-4,7,11H,1-2,5-6,8,16H2. The van der Waals surface area contributed by atoms with E-state index in [2.05, 4.69) is 0 Å². The molecule has 0 aliphatic carbocycles. The van der Waals surface area contributed by atoms with Crippen molar-refractivity contribution in [3.05, 3.63) is 35.4 Å². The fraction of sp³-hybridized carbons (Fsp3) is 0.462. The summed E-state index contributed by atoms with van der Waals surface area (Å²) in [5, 5.41) is 0. The molecule has 3 nitrogen and oxygen atoms in total. The summed E-state index contributed by atoms with van der Waals surface area (Å²) in [6.45, 7) is 1.18. The maximum atomic E-state index is 13.4. The van der Waals surface area contributed by atoms with Crippen LogP contribution in [0.25, 0.3) is 0 Å². The Hall–Kier alpha value is -1.49. The summed E-state index contributed by atoms with van der Waals surface area (Å²) in [6, 6.07) is 3.27. The maximum Gasteiger partial charge on any atom is 0.227 e. The minimum absolute atomic E-state index is 0.000708. The van der Waals surface area contributed by atoms with E-state index >= 15 is 0 Å². The molecule has 1 saturated heterocycles. The van der Waals surface area contributed by atoms with Crippen LogP contribution in [0.4, 0.5) is 8.78 Å². The molecule has 1 aromatic carbocycles. The molecule has 18 heavy (non-hydrogen) atoms. The van der Waals surface area contributed by atoms with Crippen molar-refractivity contribution in [3.8, 4) is 0 Å². The number of nitrogens with two attached hydrogens (primary N) is 1. The molecule has 1 unspecified atom stereocenters. The van der Waals surface area contributed by atoms with Crippen molar-refractivity contribution in [1.29, 1.82) is 0 Å². The van der Waals surface area contributed by atoms with Crippen LogP contribution in [0.3, 0.4) is 0 Å². The third-order valence-electron chi connectivity index (χ3n) is 3.17. The summed E-state index contributed by atoms with van der Waals surface area (Å²) in [4.78, 5) is 13.6. The summed E-state index contributed by atoms with van der Waals surface area (Å²) >= 11 is 0. The predicted octanol–water partition coefficient (Wildman–Crippen LogP) is 1.46. The number of piperidine rings is 1. The van der Waals surface area contributed by atoms with Gasteiger partial charge in [-0.2, -0.15) is 0 Å². The first-order valence-corrected chi connectivity index (χ1v) is 6.03. The van der Waals surface area contributed by atoms with Crippen LogP contribution in [0.2, 0.25) is 0 Å². The van der Waals surface area contributed by atoms with Gasteiger partial charge in [0.15, 0.2) is 0 Å². The highest BCUT2D eigenvalue weighted by Gasteiger charge is 2.22. The van der Waals surface area contributed by atoms with Gasteiger partial charge in [0, 0.05) is 25.2 Å². The van der Waals surface area contributed by atoms with E-state index < -0.39 is 11.6 Å². The monoisotopic (exact) mass is 254 g/mol. The predicted molar refractivity (Wildman–Crippen MR) is 63.9 cm³/mol. The highest BCUT2D eigenvalue weighted by Crippen LogP contribution is 2.14. The van der Waals surface area contributed by atoms with Crippen LogP contribution in [-0.2, 0) is 11.2 Å². The number of nitrogens with zero attached hydrogens (tertiary/aromatic N) is 1. The molecular weight excluding hydrogens is 238 g/mol. The minimum atomic E-state index is -0.676. The third kappa shape index (κ3) is 3.04. The first-order valence-electron chi connectivity index (χ1n) is 6.03. The second kappa shape index (κ2) is 5.44. The molecule has 2 N–H and O–H groups in total. The number of halogens is 2. The smallest absolute Gasteiger partial charge is 0.227 e. The van der Waals surface area contributed by atoms with Crippen LogP contribution in [0.5, 0.6) is 0 Å². The molecule has 0 bridgehead atoms. The Morgan fingerprint density at radius 1 is 1.44 bits per heavy atom. The fourth-order valence-electron chi connectivity index (χ4n) is 2.18. The molecule has 0 aromatic heterocycles. The van der Waals surface area contributed by atoms with E-state index in [9.17, 15) is 13.6 Å². The SMILES string of the molecule is NC1CCCN(C(=O)Cc2ccc(F)cc2F)C1. The zero-order chi connectivity index (χ0) is 13.1. The van der Waals surface area contributed by atoms with Crippen molar-refractivity contribution in [2.24, 2.45) is 5.73 Å². The normalized spacial score (nSPS) is 19.9. The molecule has 1 heterocycles. The zero-order valence-corrected chi connectivity index (χ0v) is 10.0. The maximum absolute atomic E-state index is 13.4. The minimum Gasteiger partial charge on any atom is -0.341 e. The van der Waals surface area contributed by atoms with Crippen molar-refractivity contribution in [2.45, 2.75) is 25.3 Å². The lowest BCUT2D eigenvalue weighted by molar-refractivity contribution is -0.131. The Morgan fingerprint density at radius 2 is 2.22 bits per heavy atom. The van der Waals surface area contributed by atoms with Gasteiger partial charge < -0.3 is 10.6 Å². The van der Waals surface area contributed by atoms with Gasteiger partial charge in [-0.1, -0.05) is 6.07 Å². The molecule has 5 heteroatoms. The van der Waals surface area contributed by atoms with Gasteiger partial charge in [0.2, 0.25) is 5.91 Å². The first-order chi connectivity index (χ1) is 8.56. The summed E-state index contributed by atoms with van der Waals surface area (Å²) < 4.78 is 26.2. The van der Waals surface area contributed by atoms with Crippen LogP contribution < -0.4 is 5.73 Å². The van der Waals surface area contributed by atoms with E-state index in [4.69, 9.17) is 5.73 Å². The first kappa shape index (κ1) is 13.0. The van der Waals surface area contributed by atoms with E-state index in [1.807, 2.05) is 0 Å². The molecule has 2 rings (SSSR count). The highest BCUT2D eigenvalue weighted by atomic mass is 19.1. The van der Waals surface area contributed by atoms with E-state index in [1.54, 1.807) is 4.90 Å². The van der Waals surface area contributed by atoms with Gasteiger partial charge in [-0.05, 0) is 24.5 Å². The Kier molecular flexibility index (Phi) is 3.91. The number of benzene rings is 1. The van der Waals surface area contributed by atoms with Gasteiger partial charge in [-0.25, -0.2) is 8.78 Å². The van der Waals surface area contributed by atoms with E-state index in [0.29, 0.717) is 13.1 Å². The van der Waals surface area contributed by atoms with Gasteiger partial charge in [0.1, 0.15) is 11.6 Å². The van der Waals surface area contributed by atoms with Gasteiger partial charge in [-0.15, -0.1) is 0 Å². The molecular formula is C13H16F2N2O. The van der Waals surface area contributed by atoms with Crippen molar-refractivity contribution in [2.75, 3.05) is 13.1 Å². The Bertz CT molecular complexity index is 451. The molecule has 0 radical (unpaired) electrons. The van der Waals surface area contributed by atoms with Crippen molar-refractivity contribution >= 4 is 5.91 Å². The number of hydrogen-bond acceptors (Lipinski definition) is 2. The second-order valence-electron chi connectivity index (χ2n) is 4.65. The van der Waals surface area contributed by atoms with E-state index in [1.165, 1.54) is 6.07 Å². The van der Waals surface area contributed by atoms with E-state index in [0.717, 1.165) is 25.0 Å². The number of carbonyl (C=O) groups is 1. The number of hydrogen-bond donors (Lipinski definition) is 1. The number of likely N-dealkylation sites (tertiary alicyclic amines) is 1. The second-order valence-corrected chi connectivity index (χ2v) is 4.65. The van der Waals surface area contributed by atoms with Gasteiger partial charge in [0.05, 0.1) is 6.42 Å². The van der Waals surface area contributed by atoms with Crippen LogP contribution in [0, 0.1) is 11.6 Å². The summed E-state index contributed by atoms with van der Waals surface area (Å²) in [6.07, 6.45) is 1.74. The lowest BCUT2D eigenvalue weighted by atomic mass is 10.0. The van der Waals surface area contributed by atoms with Crippen LogP contribution in [0.1, 0.15) is 18.4 Å². The highest BCUT2D eigenvalue weighted by molar-refractivity contribution is 5.79. The Morgan fingerprint density at radius 3 is 2.89 bits per heavy atom. The van der Waals surface area contributed by atoms with Crippen LogP contribution >= 0.6 is 0 Å². The quantitative estimate of drug-likeness (QED) is 0.868. The number of rotatable bonds is 2. The van der Waals surface area contributed by atoms with Gasteiger partial charge in [0.25, 0.3) is 0 Å². The molecule has 1 aliphatic heterocycles. The molecule has 1 aromatic rings. The molecule has 1 amide bonds. The largest absolute Gasteiger partial charge is 0.341 e. The summed E-state index contributed by atoms with van der Waals surface area (Å²) in [5.41, 5.74) is 6.01. The van der Waals surface area contributed by atoms with Crippen LogP contribution in [0.15, 0.2) is 18.2 Å². The number of carbonyl (C=O) groups excluding carboxylic acids is 1. The van der Waals surface area contributed by atoms with Gasteiger partial charge in [-0.3, -0.25) is 4.79 Å². The fourth-order valence-corrected chi connectivity index (χ4v) is 2.18. The third-order valence-corrected chi connectivity index (χ3v) is 3.17. The number of amides is 1. The Balaban J connectivity index is 2.02. The zero-order valence-electron chi connectivity index (χ0n) is 10.0. The van der Waals surface area contributed by atoms with Crippen molar-refractivity contribution < 1.29 is 13.6 Å². The van der Waals surface area contributed by atoms with E-state index in [-0.39, 0.29) is 23.9 Å². The molecule has 0 spiro atoms. The molecule has 0 saturated carbocycles. The molecule has 1 atom stereocenters. The molecule has 98 valence electrons. The average molecular weight is 254 g/mol. The molecule has 1 aliphatic rings. The summed E-state index contributed by atoms with van der Waals surface area (Å²) in [7, 11) is 0. The summed E-state index contributed by atoms with van der Waals surface area (Å²) in [5.74, 6) is -1.47. The lowest BCUT2D eigenvalue weighted by Gasteiger charge is -2.30. The molecule has 1 fully saturated rings.